The molecule has 1 aromatic rings. The Kier molecular flexibility index (Phi) is 6.86. The van der Waals surface area contributed by atoms with Crippen LogP contribution in [0.1, 0.15) is 44.6 Å². The predicted octanol–water partition coefficient (Wildman–Crippen LogP) is 3.89. The number of rotatable bonds is 6. The number of ether oxygens (including phenoxy) is 1. The molecule has 0 radical (unpaired) electrons. The van der Waals surface area contributed by atoms with Gasteiger partial charge in [-0.25, -0.2) is 4.98 Å². The summed E-state index contributed by atoms with van der Waals surface area (Å²) in [4.78, 5) is 16.4. The Bertz CT molecular complexity index is 618. The number of amides is 1. The Morgan fingerprint density at radius 1 is 1.28 bits per heavy atom. The summed E-state index contributed by atoms with van der Waals surface area (Å²) in [5, 5.41) is 5.89. The van der Waals surface area contributed by atoms with Gasteiger partial charge in [0.2, 0.25) is 0 Å². The Morgan fingerprint density at radius 3 is 2.36 bits per heavy atom. The monoisotopic (exact) mass is 425 g/mol. The summed E-state index contributed by atoms with van der Waals surface area (Å²) in [5.74, 6) is -0.607. The Morgan fingerprint density at radius 2 is 1.88 bits per heavy atom. The van der Waals surface area contributed by atoms with Gasteiger partial charge in [0.1, 0.15) is 11.4 Å². The zero-order valence-corrected chi connectivity index (χ0v) is 16.4. The van der Waals surface area contributed by atoms with E-state index in [-0.39, 0.29) is 21.3 Å². The summed E-state index contributed by atoms with van der Waals surface area (Å²) in [7, 11) is 1.72. The van der Waals surface area contributed by atoms with Crippen LogP contribution in [0.2, 0.25) is 0 Å². The lowest BCUT2D eigenvalue weighted by Crippen LogP contribution is -2.57. The van der Waals surface area contributed by atoms with Gasteiger partial charge < -0.3 is 10.1 Å². The minimum atomic E-state index is -4.47. The lowest BCUT2D eigenvalue weighted by Gasteiger charge is -2.36. The first-order chi connectivity index (χ1) is 11.2. The lowest BCUT2D eigenvalue weighted by molar-refractivity contribution is -0.153. The highest BCUT2D eigenvalue weighted by Crippen LogP contribution is 2.28. The van der Waals surface area contributed by atoms with E-state index < -0.39 is 24.4 Å². The zero-order chi connectivity index (χ0) is 19.5. The van der Waals surface area contributed by atoms with Gasteiger partial charge in [-0.15, -0.1) is 0 Å². The molecule has 142 valence electrons. The van der Waals surface area contributed by atoms with Gasteiger partial charge in [-0.2, -0.15) is 13.2 Å². The van der Waals surface area contributed by atoms with Gasteiger partial charge in [-0.1, -0.05) is 20.8 Å². The van der Waals surface area contributed by atoms with E-state index in [0.717, 1.165) is 0 Å². The minimum Gasteiger partial charge on any atom is -0.483 e. The highest BCUT2D eigenvalue weighted by Gasteiger charge is 2.31. The molecule has 0 aromatic carbocycles. The topological polar surface area (TPSA) is 63.2 Å². The molecule has 0 saturated carbocycles. The molecule has 1 heterocycles. The number of halogens is 4. The number of hydrogen-bond acceptors (Lipinski definition) is 4. The number of pyridine rings is 1. The van der Waals surface area contributed by atoms with E-state index in [0.29, 0.717) is 6.42 Å². The van der Waals surface area contributed by atoms with Crippen molar-refractivity contribution < 1.29 is 22.7 Å². The molecule has 5 nitrogen and oxygen atoms in total. The Balaban J connectivity index is 2.94. The molecule has 2 N–H and O–H groups in total. The number of aromatic nitrogens is 1. The van der Waals surface area contributed by atoms with Crippen LogP contribution < -0.4 is 15.4 Å². The maximum atomic E-state index is 12.5. The molecule has 0 bridgehead atoms. The van der Waals surface area contributed by atoms with Crippen LogP contribution in [0.5, 0.6) is 5.75 Å². The van der Waals surface area contributed by atoms with Crippen LogP contribution in [-0.4, -0.2) is 36.4 Å². The molecule has 1 rings (SSSR count). The van der Waals surface area contributed by atoms with E-state index in [4.69, 9.17) is 4.74 Å². The van der Waals surface area contributed by atoms with Crippen LogP contribution in [0.25, 0.3) is 0 Å². The van der Waals surface area contributed by atoms with Crippen molar-refractivity contribution in [3.63, 3.8) is 0 Å². The molecule has 25 heavy (non-hydrogen) atoms. The average Bonchev–Trinajstić information content (AvgIpc) is 2.43. The van der Waals surface area contributed by atoms with E-state index in [1.807, 2.05) is 27.7 Å². The first kappa shape index (κ1) is 21.7. The van der Waals surface area contributed by atoms with Crippen molar-refractivity contribution in [1.29, 1.82) is 0 Å². The maximum absolute atomic E-state index is 12.5. The molecule has 1 aromatic heterocycles. The second kappa shape index (κ2) is 7.90. The molecule has 1 unspecified atom stereocenters. The van der Waals surface area contributed by atoms with Crippen molar-refractivity contribution in [1.82, 2.24) is 15.6 Å². The SMILES string of the molecule is CNC(C)(CC(C)(C)C)NC(=O)c1cc(OCC(F)(F)F)c(Br)cn1. The molecule has 0 aliphatic heterocycles. The van der Waals surface area contributed by atoms with Crippen LogP contribution in [0.4, 0.5) is 13.2 Å². The molecular weight excluding hydrogens is 403 g/mol. The third-order valence-electron chi connectivity index (χ3n) is 3.27. The number of nitrogens with zero attached hydrogens (tertiary/aromatic N) is 1. The summed E-state index contributed by atoms with van der Waals surface area (Å²) in [5.41, 5.74) is -0.785. The maximum Gasteiger partial charge on any atom is 0.422 e. The smallest absolute Gasteiger partial charge is 0.422 e. The minimum absolute atomic E-state index is 0.0317. The molecule has 1 atom stereocenters. The Hall–Kier alpha value is -1.35. The van der Waals surface area contributed by atoms with Crippen molar-refractivity contribution in [2.45, 2.75) is 46.0 Å². The number of alkyl halides is 3. The van der Waals surface area contributed by atoms with Gasteiger partial charge >= 0.3 is 6.18 Å². The quantitative estimate of drug-likeness (QED) is 0.678. The molecule has 9 heteroatoms. The molecule has 1 amide bonds. The predicted molar refractivity (Wildman–Crippen MR) is 92.5 cm³/mol. The molecule has 0 aliphatic carbocycles. The summed E-state index contributed by atoms with van der Waals surface area (Å²) >= 11 is 3.06. The fourth-order valence-electron chi connectivity index (χ4n) is 2.38. The summed E-state index contributed by atoms with van der Waals surface area (Å²) in [6.45, 7) is 6.49. The highest BCUT2D eigenvalue weighted by molar-refractivity contribution is 9.10. The van der Waals surface area contributed by atoms with Crippen molar-refractivity contribution in [2.24, 2.45) is 5.41 Å². The normalized spacial score (nSPS) is 14.8. The fraction of sp³-hybridized carbons (Fsp3) is 0.625. The molecule has 0 aliphatic rings. The molecule has 0 saturated heterocycles. The van der Waals surface area contributed by atoms with Gasteiger partial charge in [0.15, 0.2) is 6.61 Å². The van der Waals surface area contributed by atoms with Crippen molar-refractivity contribution in [2.75, 3.05) is 13.7 Å². The second-order valence-electron chi connectivity index (χ2n) is 7.18. The van der Waals surface area contributed by atoms with Crippen LogP contribution in [0, 0.1) is 5.41 Å². The summed E-state index contributed by atoms with van der Waals surface area (Å²) < 4.78 is 41.9. The van der Waals surface area contributed by atoms with Gasteiger partial charge in [-0.3, -0.25) is 10.1 Å². The van der Waals surface area contributed by atoms with Gasteiger partial charge in [-0.05, 0) is 41.7 Å². The van der Waals surface area contributed by atoms with Gasteiger partial charge in [0.05, 0.1) is 10.1 Å². The number of hydrogen-bond donors (Lipinski definition) is 2. The average molecular weight is 426 g/mol. The van der Waals surface area contributed by atoms with E-state index >= 15 is 0 Å². The van der Waals surface area contributed by atoms with Gasteiger partial charge in [0, 0.05) is 12.3 Å². The van der Waals surface area contributed by atoms with E-state index in [1.54, 1.807) is 7.05 Å². The van der Waals surface area contributed by atoms with Gasteiger partial charge in [0.25, 0.3) is 5.91 Å². The highest BCUT2D eigenvalue weighted by atomic mass is 79.9. The molecular formula is C16H23BrF3N3O2. The Labute approximate surface area is 153 Å². The zero-order valence-electron chi connectivity index (χ0n) is 14.8. The van der Waals surface area contributed by atoms with E-state index in [9.17, 15) is 18.0 Å². The van der Waals surface area contributed by atoms with Crippen LogP contribution >= 0.6 is 15.9 Å². The standard InChI is InChI=1S/C16H23BrF3N3O2/c1-14(2,3)8-15(4,21-5)23-13(24)11-6-12(10(17)7-22-11)25-9-16(18,19)20/h6-7,21H,8-9H2,1-5H3,(H,23,24). The van der Waals surface area contributed by atoms with Crippen molar-refractivity contribution in [3.05, 3.63) is 22.4 Å². The third kappa shape index (κ3) is 7.60. The van der Waals surface area contributed by atoms with Crippen molar-refractivity contribution >= 4 is 21.8 Å². The number of nitrogens with one attached hydrogen (secondary N) is 2. The number of carbonyl (C=O) groups is 1. The fourth-order valence-corrected chi connectivity index (χ4v) is 2.72. The lowest BCUT2D eigenvalue weighted by atomic mass is 9.85. The number of carbonyl (C=O) groups excluding carboxylic acids is 1. The summed E-state index contributed by atoms with van der Waals surface area (Å²) in [6.07, 6.45) is -2.60. The van der Waals surface area contributed by atoms with Crippen LogP contribution in [-0.2, 0) is 0 Å². The van der Waals surface area contributed by atoms with E-state index in [2.05, 4.69) is 31.5 Å². The molecule has 0 fully saturated rings. The molecule has 0 spiro atoms. The van der Waals surface area contributed by atoms with Crippen molar-refractivity contribution in [3.8, 4) is 5.75 Å². The first-order valence-electron chi connectivity index (χ1n) is 7.61. The summed E-state index contributed by atoms with van der Waals surface area (Å²) in [6, 6.07) is 1.18. The second-order valence-corrected chi connectivity index (χ2v) is 8.03. The van der Waals surface area contributed by atoms with Crippen LogP contribution in [0.15, 0.2) is 16.7 Å². The van der Waals surface area contributed by atoms with E-state index in [1.165, 1.54) is 12.3 Å². The first-order valence-corrected chi connectivity index (χ1v) is 8.40. The largest absolute Gasteiger partial charge is 0.483 e. The van der Waals surface area contributed by atoms with Crippen LogP contribution in [0.3, 0.4) is 0 Å². The third-order valence-corrected chi connectivity index (χ3v) is 3.86.